The maximum Gasteiger partial charge on any atom is 0.285 e. The van der Waals surface area contributed by atoms with Crippen molar-refractivity contribution in [1.82, 2.24) is 10.4 Å². The van der Waals surface area contributed by atoms with E-state index in [2.05, 4.69) is 21.4 Å². The van der Waals surface area contributed by atoms with Gasteiger partial charge in [-0.05, 0) is 64.1 Å². The van der Waals surface area contributed by atoms with Gasteiger partial charge < -0.3 is 10.2 Å². The Hall–Kier alpha value is -2.36. The van der Waals surface area contributed by atoms with Crippen molar-refractivity contribution in [3.05, 3.63) is 63.0 Å². The summed E-state index contributed by atoms with van der Waals surface area (Å²) in [5, 5.41) is 19.9. The van der Waals surface area contributed by atoms with E-state index in [-0.39, 0.29) is 20.7 Å². The van der Waals surface area contributed by atoms with Crippen molar-refractivity contribution in [2.75, 3.05) is 0 Å². The number of hydrogen-bond donors (Lipinski definition) is 3. The Labute approximate surface area is 166 Å². The van der Waals surface area contributed by atoms with Crippen LogP contribution in [0.4, 0.5) is 0 Å². The van der Waals surface area contributed by atoms with Gasteiger partial charge in [-0.15, -0.1) is 0 Å². The van der Waals surface area contributed by atoms with Crippen LogP contribution in [-0.4, -0.2) is 31.4 Å². The zero-order chi connectivity index (χ0) is 18.8. The molecule has 1 aliphatic rings. The predicted octanol–water partition coefficient (Wildman–Crippen LogP) is 3.41. The normalized spacial score (nSPS) is 15.6. The van der Waals surface area contributed by atoms with Gasteiger partial charge in [0, 0.05) is 4.47 Å². The van der Waals surface area contributed by atoms with Gasteiger partial charge in [-0.2, -0.15) is 5.01 Å². The predicted molar refractivity (Wildman–Crippen MR) is 106 cm³/mol. The number of benzene rings is 2. The highest BCUT2D eigenvalue weighted by Crippen LogP contribution is 2.33. The summed E-state index contributed by atoms with van der Waals surface area (Å²) in [6.45, 7) is 0. The molecule has 1 saturated heterocycles. The van der Waals surface area contributed by atoms with E-state index in [0.29, 0.717) is 15.6 Å². The van der Waals surface area contributed by atoms with Gasteiger partial charge in [0.15, 0.2) is 15.8 Å². The fourth-order valence-electron chi connectivity index (χ4n) is 2.15. The minimum atomic E-state index is -0.479. The molecule has 9 heteroatoms. The van der Waals surface area contributed by atoms with Gasteiger partial charge >= 0.3 is 0 Å². The second-order valence-electron chi connectivity index (χ2n) is 5.19. The highest BCUT2D eigenvalue weighted by Gasteiger charge is 2.34. The molecule has 2 amide bonds. The smallest absolute Gasteiger partial charge is 0.285 e. The molecule has 1 aliphatic heterocycles. The summed E-state index contributed by atoms with van der Waals surface area (Å²) < 4.78 is 0.780. The summed E-state index contributed by atoms with van der Waals surface area (Å²) in [4.78, 5) is 25.2. The average molecular weight is 451 g/mol. The number of hydrazine groups is 1. The Morgan fingerprint density at radius 1 is 1.19 bits per heavy atom. The summed E-state index contributed by atoms with van der Waals surface area (Å²) in [7, 11) is 0. The third-order valence-corrected chi connectivity index (χ3v) is 5.42. The molecule has 0 aliphatic carbocycles. The summed E-state index contributed by atoms with van der Waals surface area (Å²) in [6.07, 6.45) is 1.52. The summed E-state index contributed by atoms with van der Waals surface area (Å²) in [5.74, 6) is -1.50. The van der Waals surface area contributed by atoms with Crippen LogP contribution in [0, 0.1) is 0 Å². The van der Waals surface area contributed by atoms with E-state index in [1.165, 1.54) is 18.2 Å². The van der Waals surface area contributed by atoms with E-state index in [4.69, 9.17) is 12.2 Å². The lowest BCUT2D eigenvalue weighted by molar-refractivity contribution is -0.123. The maximum absolute atomic E-state index is 12.5. The van der Waals surface area contributed by atoms with Crippen LogP contribution < -0.4 is 5.43 Å². The van der Waals surface area contributed by atoms with E-state index in [9.17, 15) is 19.8 Å². The number of hydrogen-bond acceptors (Lipinski definition) is 6. The zero-order valence-electron chi connectivity index (χ0n) is 13.0. The van der Waals surface area contributed by atoms with Gasteiger partial charge in [-0.25, -0.2) is 0 Å². The number of thiocarbonyl (C=S) groups is 1. The van der Waals surface area contributed by atoms with Crippen LogP contribution in [0.5, 0.6) is 11.5 Å². The lowest BCUT2D eigenvalue weighted by Crippen LogP contribution is -2.44. The minimum absolute atomic E-state index is 0.185. The number of halogens is 1. The van der Waals surface area contributed by atoms with Crippen molar-refractivity contribution >= 4 is 62.1 Å². The largest absolute Gasteiger partial charge is 0.504 e. The first-order valence-electron chi connectivity index (χ1n) is 7.22. The van der Waals surface area contributed by atoms with Gasteiger partial charge in [0.2, 0.25) is 0 Å². The molecule has 3 N–H and O–H groups in total. The number of carbonyl (C=O) groups excluding carboxylic acids is 2. The fraction of sp³-hybridized carbons (Fsp3) is 0. The van der Waals surface area contributed by atoms with Crippen LogP contribution in [0.3, 0.4) is 0 Å². The van der Waals surface area contributed by atoms with Gasteiger partial charge in [-0.3, -0.25) is 15.0 Å². The van der Waals surface area contributed by atoms with Gasteiger partial charge in [0.05, 0.1) is 10.5 Å². The van der Waals surface area contributed by atoms with Crippen molar-refractivity contribution in [3.8, 4) is 11.5 Å². The second-order valence-corrected chi connectivity index (χ2v) is 7.72. The molecule has 26 heavy (non-hydrogen) atoms. The van der Waals surface area contributed by atoms with Crippen LogP contribution >= 0.6 is 39.9 Å². The monoisotopic (exact) mass is 450 g/mol. The topological polar surface area (TPSA) is 89.9 Å². The van der Waals surface area contributed by atoms with Crippen molar-refractivity contribution in [2.45, 2.75) is 0 Å². The number of phenolic OH excluding ortho intramolecular Hbond substituents is 2. The first kappa shape index (κ1) is 18.4. The number of nitrogens with zero attached hydrogens (tertiary/aromatic N) is 1. The van der Waals surface area contributed by atoms with Crippen LogP contribution in [0.1, 0.15) is 15.9 Å². The quantitative estimate of drug-likeness (QED) is 0.377. The Morgan fingerprint density at radius 2 is 1.92 bits per heavy atom. The van der Waals surface area contributed by atoms with E-state index < -0.39 is 11.8 Å². The van der Waals surface area contributed by atoms with Gasteiger partial charge in [0.25, 0.3) is 11.8 Å². The fourth-order valence-corrected chi connectivity index (χ4v) is 3.80. The number of nitrogens with one attached hydrogen (secondary N) is 1. The van der Waals surface area contributed by atoms with E-state index in [1.54, 1.807) is 30.3 Å². The van der Waals surface area contributed by atoms with Crippen molar-refractivity contribution in [2.24, 2.45) is 0 Å². The number of thioether (sulfide) groups is 1. The molecule has 0 saturated carbocycles. The molecule has 3 rings (SSSR count). The first-order valence-corrected chi connectivity index (χ1v) is 9.24. The zero-order valence-corrected chi connectivity index (χ0v) is 16.2. The summed E-state index contributed by atoms with van der Waals surface area (Å²) in [5.41, 5.74) is 3.38. The molecule has 6 nitrogen and oxygen atoms in total. The number of aromatic hydroxyl groups is 2. The second kappa shape index (κ2) is 7.48. The minimum Gasteiger partial charge on any atom is -0.504 e. The average Bonchev–Trinajstić information content (AvgIpc) is 2.86. The molecule has 0 spiro atoms. The number of amides is 2. The lowest BCUT2D eigenvalue weighted by Gasteiger charge is -2.16. The summed E-state index contributed by atoms with van der Waals surface area (Å²) in [6, 6.07) is 11.0. The van der Waals surface area contributed by atoms with Gasteiger partial charge in [-0.1, -0.05) is 30.0 Å². The molecule has 0 radical (unpaired) electrons. The van der Waals surface area contributed by atoms with Crippen molar-refractivity contribution < 1.29 is 19.8 Å². The van der Waals surface area contributed by atoms with Gasteiger partial charge in [0.1, 0.15) is 0 Å². The molecule has 1 fully saturated rings. The molecular formula is C17H11BrN2O4S2. The highest BCUT2D eigenvalue weighted by molar-refractivity contribution is 9.10. The molecule has 2 aromatic rings. The molecule has 0 bridgehead atoms. The van der Waals surface area contributed by atoms with Crippen LogP contribution in [0.25, 0.3) is 6.08 Å². The third-order valence-electron chi connectivity index (χ3n) is 3.42. The molecule has 0 aromatic heterocycles. The Kier molecular flexibility index (Phi) is 5.30. The molecule has 1 heterocycles. The lowest BCUT2D eigenvalue weighted by atomic mass is 10.2. The molecule has 0 unspecified atom stereocenters. The SMILES string of the molecule is O=C(NN1C(=O)/C(=C/c2ccc(O)c(O)c2)SC1=S)c1ccccc1Br. The van der Waals surface area contributed by atoms with Crippen LogP contribution in [0.15, 0.2) is 51.8 Å². The first-order chi connectivity index (χ1) is 12.4. The standard InChI is InChI=1S/C17H11BrN2O4S2/c18-11-4-2-1-3-10(11)15(23)19-20-16(24)14(26-17(20)25)8-9-5-6-12(21)13(22)7-9/h1-8,21-22H,(H,19,23)/b14-8-. The Bertz CT molecular complexity index is 962. The molecular weight excluding hydrogens is 440 g/mol. The summed E-state index contributed by atoms with van der Waals surface area (Å²) >= 11 is 9.48. The number of carbonyl (C=O) groups is 2. The molecule has 132 valence electrons. The van der Waals surface area contributed by atoms with Crippen molar-refractivity contribution in [3.63, 3.8) is 0 Å². The maximum atomic E-state index is 12.5. The number of rotatable bonds is 3. The van der Waals surface area contributed by atoms with E-state index in [0.717, 1.165) is 16.8 Å². The molecule has 2 aromatic carbocycles. The van der Waals surface area contributed by atoms with E-state index >= 15 is 0 Å². The highest BCUT2D eigenvalue weighted by atomic mass is 79.9. The van der Waals surface area contributed by atoms with Crippen LogP contribution in [-0.2, 0) is 4.79 Å². The number of phenols is 2. The Morgan fingerprint density at radius 3 is 2.62 bits per heavy atom. The Balaban J connectivity index is 1.80. The van der Waals surface area contributed by atoms with E-state index in [1.807, 2.05) is 0 Å². The molecule has 0 atom stereocenters. The van der Waals surface area contributed by atoms with Crippen LogP contribution in [0.2, 0.25) is 0 Å². The third kappa shape index (κ3) is 3.74. The van der Waals surface area contributed by atoms with Crippen molar-refractivity contribution in [1.29, 1.82) is 0 Å².